The van der Waals surface area contributed by atoms with Crippen molar-refractivity contribution in [2.75, 3.05) is 0 Å². The molecule has 0 bridgehead atoms. The predicted octanol–water partition coefficient (Wildman–Crippen LogP) is 5.53. The lowest BCUT2D eigenvalue weighted by molar-refractivity contribution is -0.126. The number of hydrogen-bond acceptors (Lipinski definition) is 3. The fraction of sp³-hybridized carbons (Fsp3) is 0.600. The smallest absolute Gasteiger partial charge is 0.190 e. The van der Waals surface area contributed by atoms with Crippen LogP contribution in [0.4, 0.5) is 0 Å². The van der Waals surface area contributed by atoms with Crippen LogP contribution in [0.2, 0.25) is 0 Å². The second kappa shape index (κ2) is 7.65. The summed E-state index contributed by atoms with van der Waals surface area (Å²) in [6.45, 7) is 14.0. The van der Waals surface area contributed by atoms with Gasteiger partial charge in [0.2, 0.25) is 0 Å². The van der Waals surface area contributed by atoms with Crippen LogP contribution in [0.25, 0.3) is 0 Å². The van der Waals surface area contributed by atoms with Crippen molar-refractivity contribution in [2.24, 2.45) is 5.41 Å². The Morgan fingerprint density at radius 3 is 1.91 bits per heavy atom. The third-order valence-corrected chi connectivity index (χ3v) is 4.66. The molecule has 0 heterocycles. The normalized spacial score (nSPS) is 13.7. The Labute approximate surface area is 145 Å². The summed E-state index contributed by atoms with van der Waals surface area (Å²) >= 11 is 1.37. The van der Waals surface area contributed by atoms with E-state index in [1.54, 1.807) is 0 Å². The van der Waals surface area contributed by atoms with E-state index in [-0.39, 0.29) is 27.0 Å². The molecule has 0 spiro atoms. The SMILES string of the molecule is Cc1ccc([C@H](CC(=O)SC(C)(C)C)CC(=O)C(C)(C)C)cc1. The summed E-state index contributed by atoms with van der Waals surface area (Å²) in [6.07, 6.45) is 0.829. The van der Waals surface area contributed by atoms with Gasteiger partial charge < -0.3 is 0 Å². The number of Topliss-reactive ketones (excluding diaryl/α,β-unsaturated/α-hetero) is 1. The first-order chi connectivity index (χ1) is 10.4. The molecule has 0 saturated carbocycles. The molecule has 1 aromatic rings. The van der Waals surface area contributed by atoms with E-state index in [0.717, 1.165) is 5.56 Å². The van der Waals surface area contributed by atoms with Gasteiger partial charge in [-0.05, 0) is 18.4 Å². The summed E-state index contributed by atoms with van der Waals surface area (Å²) in [7, 11) is 0. The number of carbonyl (C=O) groups excluding carboxylic acids is 2. The lowest BCUT2D eigenvalue weighted by Crippen LogP contribution is -2.23. The van der Waals surface area contributed by atoms with Gasteiger partial charge in [0.25, 0.3) is 0 Å². The van der Waals surface area contributed by atoms with Gasteiger partial charge in [0.15, 0.2) is 5.12 Å². The van der Waals surface area contributed by atoms with E-state index >= 15 is 0 Å². The number of hydrogen-bond donors (Lipinski definition) is 0. The van der Waals surface area contributed by atoms with Crippen LogP contribution in [0.1, 0.15) is 71.4 Å². The maximum atomic E-state index is 12.5. The van der Waals surface area contributed by atoms with Gasteiger partial charge in [0, 0.05) is 23.0 Å². The summed E-state index contributed by atoms with van der Waals surface area (Å²) in [6, 6.07) is 8.19. The second-order valence-electron chi connectivity index (χ2n) is 8.28. The van der Waals surface area contributed by atoms with E-state index in [9.17, 15) is 9.59 Å². The standard InChI is InChI=1S/C20H30O2S/c1-14-8-10-15(11-9-14)16(12-17(21)19(2,3)4)13-18(22)23-20(5,6)7/h8-11,16H,12-13H2,1-7H3/t16-/m0/s1. The molecular formula is C20H30O2S. The van der Waals surface area contributed by atoms with Gasteiger partial charge in [0.1, 0.15) is 5.78 Å². The molecule has 128 valence electrons. The minimum absolute atomic E-state index is 0.0373. The maximum Gasteiger partial charge on any atom is 0.190 e. The number of benzene rings is 1. The average molecular weight is 335 g/mol. The van der Waals surface area contributed by atoms with Crippen molar-refractivity contribution in [3.63, 3.8) is 0 Å². The van der Waals surface area contributed by atoms with Gasteiger partial charge in [0.05, 0.1) is 0 Å². The van der Waals surface area contributed by atoms with Crippen LogP contribution >= 0.6 is 11.8 Å². The van der Waals surface area contributed by atoms with E-state index in [1.165, 1.54) is 17.3 Å². The van der Waals surface area contributed by atoms with Crippen molar-refractivity contribution in [3.05, 3.63) is 35.4 Å². The molecule has 1 rings (SSSR count). The molecule has 0 fully saturated rings. The molecular weight excluding hydrogens is 304 g/mol. The second-order valence-corrected chi connectivity index (χ2v) is 10.2. The van der Waals surface area contributed by atoms with Gasteiger partial charge in [-0.3, -0.25) is 9.59 Å². The largest absolute Gasteiger partial charge is 0.299 e. The molecule has 2 nitrogen and oxygen atoms in total. The first-order valence-corrected chi connectivity index (χ1v) is 9.02. The first kappa shape index (κ1) is 20.0. The van der Waals surface area contributed by atoms with E-state index in [4.69, 9.17) is 0 Å². The lowest BCUT2D eigenvalue weighted by Gasteiger charge is -2.23. The van der Waals surface area contributed by atoms with Gasteiger partial charge in [-0.25, -0.2) is 0 Å². The molecule has 0 N–H and O–H groups in total. The van der Waals surface area contributed by atoms with Crippen molar-refractivity contribution in [2.45, 2.75) is 72.0 Å². The molecule has 3 heteroatoms. The monoisotopic (exact) mass is 334 g/mol. The Bertz CT molecular complexity index is 544. The number of rotatable bonds is 5. The Balaban J connectivity index is 2.95. The molecule has 0 aromatic heterocycles. The van der Waals surface area contributed by atoms with Crippen molar-refractivity contribution in [1.82, 2.24) is 0 Å². The Morgan fingerprint density at radius 1 is 0.957 bits per heavy atom. The number of ketones is 1. The van der Waals surface area contributed by atoms with Crippen LogP contribution in [-0.2, 0) is 9.59 Å². The molecule has 0 aliphatic heterocycles. The van der Waals surface area contributed by atoms with Crippen molar-refractivity contribution in [3.8, 4) is 0 Å². The summed E-state index contributed by atoms with van der Waals surface area (Å²) in [5.41, 5.74) is 1.89. The highest BCUT2D eigenvalue weighted by atomic mass is 32.2. The fourth-order valence-electron chi connectivity index (χ4n) is 2.26. The summed E-state index contributed by atoms with van der Waals surface area (Å²) in [5, 5.41) is 0.157. The minimum atomic E-state index is -0.372. The Kier molecular flexibility index (Phi) is 6.64. The van der Waals surface area contributed by atoms with E-state index in [0.29, 0.717) is 12.8 Å². The molecule has 1 atom stereocenters. The third kappa shape index (κ3) is 7.34. The zero-order valence-electron chi connectivity index (χ0n) is 15.5. The van der Waals surface area contributed by atoms with Crippen molar-refractivity contribution < 1.29 is 9.59 Å². The summed E-state index contributed by atoms with van der Waals surface area (Å²) in [4.78, 5) is 24.9. The van der Waals surface area contributed by atoms with Crippen LogP contribution in [0.3, 0.4) is 0 Å². The molecule has 0 amide bonds. The highest BCUT2D eigenvalue weighted by molar-refractivity contribution is 8.14. The first-order valence-electron chi connectivity index (χ1n) is 8.20. The highest BCUT2D eigenvalue weighted by Gasteiger charge is 2.28. The van der Waals surface area contributed by atoms with Crippen LogP contribution in [0.15, 0.2) is 24.3 Å². The molecule has 0 saturated heterocycles. The van der Waals surface area contributed by atoms with Crippen LogP contribution < -0.4 is 0 Å². The molecule has 0 aliphatic rings. The van der Waals surface area contributed by atoms with Gasteiger partial charge in [-0.1, -0.05) is 83.1 Å². The third-order valence-electron chi connectivity index (χ3n) is 3.65. The highest BCUT2D eigenvalue weighted by Crippen LogP contribution is 2.33. The molecule has 0 radical (unpaired) electrons. The van der Waals surface area contributed by atoms with E-state index < -0.39 is 0 Å². The zero-order valence-corrected chi connectivity index (χ0v) is 16.3. The van der Waals surface area contributed by atoms with E-state index in [2.05, 4.69) is 0 Å². The average Bonchev–Trinajstić information content (AvgIpc) is 2.35. The van der Waals surface area contributed by atoms with Gasteiger partial charge in [-0.2, -0.15) is 0 Å². The molecule has 23 heavy (non-hydrogen) atoms. The van der Waals surface area contributed by atoms with Gasteiger partial charge in [-0.15, -0.1) is 0 Å². The maximum absolute atomic E-state index is 12.5. The van der Waals surface area contributed by atoms with Crippen LogP contribution in [0, 0.1) is 12.3 Å². The minimum Gasteiger partial charge on any atom is -0.299 e. The lowest BCUT2D eigenvalue weighted by atomic mass is 9.82. The zero-order chi connectivity index (χ0) is 17.8. The number of carbonyl (C=O) groups is 2. The van der Waals surface area contributed by atoms with Crippen LogP contribution in [-0.4, -0.2) is 15.6 Å². The topological polar surface area (TPSA) is 34.1 Å². The van der Waals surface area contributed by atoms with Gasteiger partial charge >= 0.3 is 0 Å². The Hall–Kier alpha value is -1.09. The molecule has 0 unspecified atom stereocenters. The van der Waals surface area contributed by atoms with Crippen molar-refractivity contribution in [1.29, 1.82) is 0 Å². The predicted molar refractivity (Wildman–Crippen MR) is 100.0 cm³/mol. The van der Waals surface area contributed by atoms with Crippen molar-refractivity contribution >= 4 is 22.7 Å². The van der Waals surface area contributed by atoms with E-state index in [1.807, 2.05) is 72.7 Å². The fourth-order valence-corrected chi connectivity index (χ4v) is 3.23. The quantitative estimate of drug-likeness (QED) is 0.709. The molecule has 0 aliphatic carbocycles. The number of aryl methyl sites for hydroxylation is 1. The summed E-state index contributed by atoms with van der Waals surface area (Å²) < 4.78 is -0.0943. The Morgan fingerprint density at radius 2 is 1.48 bits per heavy atom. The summed E-state index contributed by atoms with van der Waals surface area (Å²) in [5.74, 6) is 0.168. The number of thioether (sulfide) groups is 1. The molecule has 1 aromatic carbocycles. The van der Waals surface area contributed by atoms with Crippen LogP contribution in [0.5, 0.6) is 0 Å².